The average Bonchev–Trinajstić information content (AvgIpc) is 3.02. The lowest BCUT2D eigenvalue weighted by atomic mass is 9.90. The number of piperidine rings is 1. The molecule has 2 aliphatic rings. The molecule has 0 spiro atoms. The third-order valence-corrected chi connectivity index (χ3v) is 4.14. The summed E-state index contributed by atoms with van der Waals surface area (Å²) >= 11 is 0. The summed E-state index contributed by atoms with van der Waals surface area (Å²) in [5, 5.41) is 2.96. The fraction of sp³-hybridized carbons (Fsp3) is 0.615. The highest BCUT2D eigenvalue weighted by atomic mass is 16.3. The van der Waals surface area contributed by atoms with E-state index in [0.717, 1.165) is 31.7 Å². The van der Waals surface area contributed by atoms with Gasteiger partial charge in [-0.15, -0.1) is 0 Å². The number of nitrogens with two attached hydrogens (primary N) is 1. The Bertz CT molecular complexity index is 418. The molecule has 18 heavy (non-hydrogen) atoms. The second-order valence-corrected chi connectivity index (χ2v) is 5.07. The molecule has 98 valence electrons. The molecular formula is C13H19N3O2. The van der Waals surface area contributed by atoms with Crippen molar-refractivity contribution in [3.05, 3.63) is 24.2 Å². The SMILES string of the molecule is NCC(c1ccco1)N1CCCC2C(=O)NCC21. The summed E-state index contributed by atoms with van der Waals surface area (Å²) in [6.45, 7) is 2.24. The summed E-state index contributed by atoms with van der Waals surface area (Å²) in [5.41, 5.74) is 5.91. The molecule has 1 aromatic rings. The zero-order chi connectivity index (χ0) is 12.5. The molecule has 0 aliphatic carbocycles. The first-order valence-electron chi connectivity index (χ1n) is 6.58. The van der Waals surface area contributed by atoms with Crippen LogP contribution in [0.4, 0.5) is 0 Å². The minimum Gasteiger partial charge on any atom is -0.468 e. The van der Waals surface area contributed by atoms with Gasteiger partial charge in [0.1, 0.15) is 5.76 Å². The molecule has 0 radical (unpaired) electrons. The molecule has 0 bridgehead atoms. The van der Waals surface area contributed by atoms with Gasteiger partial charge in [-0.05, 0) is 31.5 Å². The van der Waals surface area contributed by atoms with Crippen LogP contribution in [0.5, 0.6) is 0 Å². The lowest BCUT2D eigenvalue weighted by Crippen LogP contribution is -2.49. The quantitative estimate of drug-likeness (QED) is 0.818. The summed E-state index contributed by atoms with van der Waals surface area (Å²) in [5.74, 6) is 1.22. The smallest absolute Gasteiger partial charge is 0.224 e. The predicted molar refractivity (Wildman–Crippen MR) is 66.7 cm³/mol. The molecule has 3 N–H and O–H groups in total. The highest BCUT2D eigenvalue weighted by Crippen LogP contribution is 2.33. The largest absolute Gasteiger partial charge is 0.468 e. The van der Waals surface area contributed by atoms with Crippen molar-refractivity contribution in [2.45, 2.75) is 24.9 Å². The summed E-state index contributed by atoms with van der Waals surface area (Å²) in [7, 11) is 0. The third kappa shape index (κ3) is 1.83. The summed E-state index contributed by atoms with van der Waals surface area (Å²) in [6, 6.07) is 4.20. The van der Waals surface area contributed by atoms with Crippen LogP contribution in [-0.4, -0.2) is 36.5 Å². The Kier molecular flexibility index (Phi) is 3.09. The van der Waals surface area contributed by atoms with E-state index in [9.17, 15) is 4.79 Å². The van der Waals surface area contributed by atoms with E-state index in [1.807, 2.05) is 12.1 Å². The molecule has 2 aliphatic heterocycles. The van der Waals surface area contributed by atoms with Gasteiger partial charge in [0.15, 0.2) is 0 Å². The number of nitrogens with zero attached hydrogens (tertiary/aromatic N) is 1. The maximum atomic E-state index is 11.8. The van der Waals surface area contributed by atoms with E-state index in [-0.39, 0.29) is 23.9 Å². The Morgan fingerprint density at radius 2 is 2.50 bits per heavy atom. The van der Waals surface area contributed by atoms with Crippen LogP contribution >= 0.6 is 0 Å². The average molecular weight is 249 g/mol. The van der Waals surface area contributed by atoms with Crippen LogP contribution in [0.15, 0.2) is 22.8 Å². The van der Waals surface area contributed by atoms with Crippen molar-refractivity contribution in [3.8, 4) is 0 Å². The van der Waals surface area contributed by atoms with Crippen LogP contribution in [0, 0.1) is 5.92 Å². The van der Waals surface area contributed by atoms with Gasteiger partial charge < -0.3 is 15.5 Å². The van der Waals surface area contributed by atoms with E-state index in [4.69, 9.17) is 10.2 Å². The van der Waals surface area contributed by atoms with E-state index >= 15 is 0 Å². The first-order valence-corrected chi connectivity index (χ1v) is 6.58. The Hall–Kier alpha value is -1.33. The lowest BCUT2D eigenvalue weighted by molar-refractivity contribution is -0.124. The zero-order valence-electron chi connectivity index (χ0n) is 10.3. The van der Waals surface area contributed by atoms with Crippen molar-refractivity contribution in [1.29, 1.82) is 0 Å². The molecular weight excluding hydrogens is 230 g/mol. The Morgan fingerprint density at radius 1 is 1.61 bits per heavy atom. The molecule has 0 saturated carbocycles. The topological polar surface area (TPSA) is 71.5 Å². The van der Waals surface area contributed by atoms with Gasteiger partial charge in [0.05, 0.1) is 18.2 Å². The minimum absolute atomic E-state index is 0.0838. The van der Waals surface area contributed by atoms with Gasteiger partial charge in [0.2, 0.25) is 5.91 Å². The molecule has 3 rings (SSSR count). The monoisotopic (exact) mass is 249 g/mol. The van der Waals surface area contributed by atoms with Gasteiger partial charge in [-0.3, -0.25) is 9.69 Å². The van der Waals surface area contributed by atoms with Crippen molar-refractivity contribution in [3.63, 3.8) is 0 Å². The number of furan rings is 1. The Labute approximate surface area is 106 Å². The Morgan fingerprint density at radius 3 is 3.22 bits per heavy atom. The van der Waals surface area contributed by atoms with E-state index < -0.39 is 0 Å². The van der Waals surface area contributed by atoms with Crippen LogP contribution in [0.1, 0.15) is 24.6 Å². The van der Waals surface area contributed by atoms with Crippen molar-refractivity contribution >= 4 is 5.91 Å². The zero-order valence-corrected chi connectivity index (χ0v) is 10.3. The van der Waals surface area contributed by atoms with Gasteiger partial charge in [0.25, 0.3) is 0 Å². The summed E-state index contributed by atoms with van der Waals surface area (Å²) in [4.78, 5) is 14.1. The fourth-order valence-corrected chi connectivity index (χ4v) is 3.27. The third-order valence-electron chi connectivity index (χ3n) is 4.14. The number of likely N-dealkylation sites (tertiary alicyclic amines) is 1. The van der Waals surface area contributed by atoms with Crippen LogP contribution < -0.4 is 11.1 Å². The van der Waals surface area contributed by atoms with Gasteiger partial charge >= 0.3 is 0 Å². The summed E-state index contributed by atoms with van der Waals surface area (Å²) < 4.78 is 5.49. The van der Waals surface area contributed by atoms with Crippen LogP contribution in [-0.2, 0) is 4.79 Å². The van der Waals surface area contributed by atoms with E-state index in [1.54, 1.807) is 6.26 Å². The summed E-state index contributed by atoms with van der Waals surface area (Å²) in [6.07, 6.45) is 3.71. The number of rotatable bonds is 3. The molecule has 3 atom stereocenters. The number of carbonyl (C=O) groups is 1. The Balaban J connectivity index is 1.84. The molecule has 3 unspecified atom stereocenters. The standard InChI is InChI=1S/C13H19N3O2/c14-7-10(12-4-2-6-18-12)16-5-1-3-9-11(16)8-15-13(9)17/h2,4,6,9-11H,1,3,5,7-8,14H2,(H,15,17). The van der Waals surface area contributed by atoms with Crippen LogP contribution in [0.3, 0.4) is 0 Å². The molecule has 2 fully saturated rings. The van der Waals surface area contributed by atoms with E-state index in [1.165, 1.54) is 0 Å². The molecule has 1 amide bonds. The second-order valence-electron chi connectivity index (χ2n) is 5.07. The maximum absolute atomic E-state index is 11.8. The molecule has 2 saturated heterocycles. The normalized spacial score (nSPS) is 29.9. The molecule has 3 heterocycles. The highest BCUT2D eigenvalue weighted by molar-refractivity contribution is 5.82. The molecule has 0 aromatic carbocycles. The highest BCUT2D eigenvalue weighted by Gasteiger charge is 2.43. The molecule has 5 heteroatoms. The van der Waals surface area contributed by atoms with Crippen molar-refractivity contribution < 1.29 is 9.21 Å². The van der Waals surface area contributed by atoms with Crippen molar-refractivity contribution in [2.75, 3.05) is 19.6 Å². The van der Waals surface area contributed by atoms with Gasteiger partial charge in [-0.2, -0.15) is 0 Å². The van der Waals surface area contributed by atoms with E-state index in [2.05, 4.69) is 10.2 Å². The van der Waals surface area contributed by atoms with Crippen LogP contribution in [0.2, 0.25) is 0 Å². The number of nitrogens with one attached hydrogen (secondary N) is 1. The predicted octanol–water partition coefficient (Wildman–Crippen LogP) is 0.490. The number of fused-ring (bicyclic) bond motifs is 1. The lowest BCUT2D eigenvalue weighted by Gasteiger charge is -2.40. The fourth-order valence-electron chi connectivity index (χ4n) is 3.27. The van der Waals surface area contributed by atoms with Crippen molar-refractivity contribution in [1.82, 2.24) is 10.2 Å². The van der Waals surface area contributed by atoms with Crippen molar-refractivity contribution in [2.24, 2.45) is 11.7 Å². The van der Waals surface area contributed by atoms with Gasteiger partial charge in [-0.1, -0.05) is 0 Å². The van der Waals surface area contributed by atoms with E-state index in [0.29, 0.717) is 6.54 Å². The maximum Gasteiger partial charge on any atom is 0.224 e. The number of amides is 1. The van der Waals surface area contributed by atoms with Crippen LogP contribution in [0.25, 0.3) is 0 Å². The first-order chi connectivity index (χ1) is 8.81. The number of hydrogen-bond donors (Lipinski definition) is 2. The van der Waals surface area contributed by atoms with Gasteiger partial charge in [-0.25, -0.2) is 0 Å². The number of hydrogen-bond acceptors (Lipinski definition) is 4. The first kappa shape index (κ1) is 11.7. The second kappa shape index (κ2) is 4.74. The number of carbonyl (C=O) groups excluding carboxylic acids is 1. The molecule has 1 aromatic heterocycles. The minimum atomic E-state index is 0.0838. The van der Waals surface area contributed by atoms with Gasteiger partial charge in [0, 0.05) is 19.1 Å². The molecule has 5 nitrogen and oxygen atoms in total.